The molecule has 0 aromatic carbocycles. The molecule has 7 N–H and O–H groups in total. The third-order valence-corrected chi connectivity index (χ3v) is 1.97. The minimum absolute atomic E-state index is 0.293. The molecular weight excluding hydrogens is 182 g/mol. The van der Waals surface area contributed by atoms with Crippen molar-refractivity contribution >= 4 is 0 Å². The Kier molecular flexibility index (Phi) is 7.41. The number of hydrogen-bond acceptors (Lipinski definition) is 5. The lowest BCUT2D eigenvalue weighted by Crippen LogP contribution is -2.39. The Morgan fingerprint density at radius 3 is 2.71 bits per heavy atom. The van der Waals surface area contributed by atoms with Crippen molar-refractivity contribution in [3.8, 4) is 0 Å². The number of nitrogens with one attached hydrogen (secondary N) is 1. The van der Waals surface area contributed by atoms with Gasteiger partial charge >= 0.3 is 0 Å². The first kappa shape index (κ1) is 13.4. The van der Waals surface area contributed by atoms with E-state index in [1.54, 1.807) is 0 Å². The van der Waals surface area contributed by atoms with Crippen molar-refractivity contribution < 1.29 is 10.2 Å². The number of aliphatic hydroxyl groups excluding tert-OH is 2. The van der Waals surface area contributed by atoms with E-state index >= 15 is 0 Å². The van der Waals surface area contributed by atoms with Crippen LogP contribution in [0, 0.1) is 0 Å². The maximum absolute atomic E-state index is 9.14. The molecule has 0 aliphatic carbocycles. The smallest absolute Gasteiger partial charge is 0.0921 e. The van der Waals surface area contributed by atoms with Gasteiger partial charge in [-0.15, -0.1) is 0 Å². The summed E-state index contributed by atoms with van der Waals surface area (Å²) in [5, 5.41) is 20.8. The van der Waals surface area contributed by atoms with Gasteiger partial charge in [-0.05, 0) is 25.1 Å². The first-order chi connectivity index (χ1) is 6.61. The van der Waals surface area contributed by atoms with Crippen LogP contribution in [0.2, 0.25) is 0 Å². The average molecular weight is 203 g/mol. The highest BCUT2D eigenvalue weighted by molar-refractivity contribution is 4.97. The Labute approximate surface area is 84.8 Å². The van der Waals surface area contributed by atoms with Crippen LogP contribution >= 0.6 is 0 Å². The predicted molar refractivity (Wildman–Crippen MR) is 56.5 cm³/mol. The monoisotopic (exact) mass is 203 g/mol. The standard InChI is InChI=1S/C9H21N3O2/c1-7(4-10)5-12-3-2-8(11)9(14)6-13/h5,8-9,12-14H,2-4,6,10-11H2,1H3/b7-5-. The van der Waals surface area contributed by atoms with Crippen molar-refractivity contribution in [3.63, 3.8) is 0 Å². The lowest BCUT2D eigenvalue weighted by atomic mass is 10.1. The molecule has 0 spiro atoms. The van der Waals surface area contributed by atoms with Gasteiger partial charge in [-0.3, -0.25) is 0 Å². The molecule has 5 nitrogen and oxygen atoms in total. The van der Waals surface area contributed by atoms with Crippen LogP contribution in [0.1, 0.15) is 13.3 Å². The van der Waals surface area contributed by atoms with Crippen molar-refractivity contribution in [3.05, 3.63) is 11.8 Å². The summed E-state index contributed by atoms with van der Waals surface area (Å²) in [5.74, 6) is 0. The van der Waals surface area contributed by atoms with Gasteiger partial charge in [0.25, 0.3) is 0 Å². The van der Waals surface area contributed by atoms with Crippen LogP contribution in [0.4, 0.5) is 0 Å². The number of rotatable bonds is 7. The highest BCUT2D eigenvalue weighted by atomic mass is 16.3. The van der Waals surface area contributed by atoms with Crippen LogP contribution in [-0.4, -0.2) is 42.1 Å². The summed E-state index contributed by atoms with van der Waals surface area (Å²) in [6, 6.07) is -0.390. The van der Waals surface area contributed by atoms with E-state index in [0.717, 1.165) is 5.57 Å². The van der Waals surface area contributed by atoms with Crippen LogP contribution in [0.5, 0.6) is 0 Å². The van der Waals surface area contributed by atoms with Crippen molar-refractivity contribution in [1.82, 2.24) is 5.32 Å². The molecule has 84 valence electrons. The lowest BCUT2D eigenvalue weighted by molar-refractivity contribution is 0.0721. The molecule has 0 aromatic rings. The fourth-order valence-corrected chi connectivity index (χ4v) is 0.883. The van der Waals surface area contributed by atoms with Crippen LogP contribution in [-0.2, 0) is 0 Å². The predicted octanol–water partition coefficient (Wildman–Crippen LogP) is -1.49. The van der Waals surface area contributed by atoms with E-state index in [-0.39, 0.29) is 12.6 Å². The number of aliphatic hydroxyl groups is 2. The molecule has 0 aromatic heterocycles. The molecule has 0 heterocycles. The Hall–Kier alpha value is -0.620. The SMILES string of the molecule is C/C(=C/NCCC(N)C(O)CO)CN. The lowest BCUT2D eigenvalue weighted by Gasteiger charge is -2.16. The summed E-state index contributed by atoms with van der Waals surface area (Å²) in [6.07, 6.45) is 1.60. The molecular formula is C9H21N3O2. The number of hydrogen-bond donors (Lipinski definition) is 5. The normalized spacial score (nSPS) is 16.5. The summed E-state index contributed by atoms with van der Waals surface area (Å²) < 4.78 is 0. The molecule has 14 heavy (non-hydrogen) atoms. The van der Waals surface area contributed by atoms with Crippen molar-refractivity contribution in [1.29, 1.82) is 0 Å². The van der Waals surface area contributed by atoms with E-state index < -0.39 is 6.10 Å². The highest BCUT2D eigenvalue weighted by Crippen LogP contribution is 1.94. The molecule has 0 bridgehead atoms. The second-order valence-electron chi connectivity index (χ2n) is 3.35. The van der Waals surface area contributed by atoms with Crippen molar-refractivity contribution in [2.45, 2.75) is 25.5 Å². The Bertz CT molecular complexity index is 173. The largest absolute Gasteiger partial charge is 0.394 e. The van der Waals surface area contributed by atoms with Crippen molar-refractivity contribution in [2.75, 3.05) is 19.7 Å². The zero-order chi connectivity index (χ0) is 11.0. The zero-order valence-electron chi connectivity index (χ0n) is 8.61. The van der Waals surface area contributed by atoms with Gasteiger partial charge in [-0.2, -0.15) is 0 Å². The maximum Gasteiger partial charge on any atom is 0.0921 e. The topological polar surface area (TPSA) is 105 Å². The van der Waals surface area contributed by atoms with Crippen LogP contribution in [0.15, 0.2) is 11.8 Å². The summed E-state index contributed by atoms with van der Waals surface area (Å²) >= 11 is 0. The Morgan fingerprint density at radius 1 is 1.57 bits per heavy atom. The molecule has 5 heteroatoms. The van der Waals surface area contributed by atoms with Gasteiger partial charge in [0.15, 0.2) is 0 Å². The first-order valence-electron chi connectivity index (χ1n) is 4.75. The highest BCUT2D eigenvalue weighted by Gasteiger charge is 2.11. The maximum atomic E-state index is 9.14. The molecule has 0 saturated carbocycles. The van der Waals surface area contributed by atoms with E-state index in [0.29, 0.717) is 19.5 Å². The molecule has 2 unspecified atom stereocenters. The fourth-order valence-electron chi connectivity index (χ4n) is 0.883. The van der Waals surface area contributed by atoms with E-state index in [1.165, 1.54) is 0 Å². The summed E-state index contributed by atoms with van der Waals surface area (Å²) in [5.41, 5.74) is 12.0. The minimum Gasteiger partial charge on any atom is -0.394 e. The van der Waals surface area contributed by atoms with Gasteiger partial charge in [0.05, 0.1) is 12.7 Å². The third kappa shape index (κ3) is 5.93. The second-order valence-corrected chi connectivity index (χ2v) is 3.35. The van der Waals surface area contributed by atoms with Crippen LogP contribution < -0.4 is 16.8 Å². The molecule has 0 saturated heterocycles. The molecule has 0 rings (SSSR count). The Balaban J connectivity index is 3.54. The van der Waals surface area contributed by atoms with E-state index in [2.05, 4.69) is 5.32 Å². The molecule has 2 atom stereocenters. The van der Waals surface area contributed by atoms with Crippen LogP contribution in [0.25, 0.3) is 0 Å². The summed E-state index contributed by atoms with van der Waals surface area (Å²) in [4.78, 5) is 0. The third-order valence-electron chi connectivity index (χ3n) is 1.97. The van der Waals surface area contributed by atoms with Crippen molar-refractivity contribution in [2.24, 2.45) is 11.5 Å². The van der Waals surface area contributed by atoms with Gasteiger partial charge in [0.2, 0.25) is 0 Å². The van der Waals surface area contributed by atoms with E-state index in [9.17, 15) is 0 Å². The number of nitrogens with two attached hydrogens (primary N) is 2. The van der Waals surface area contributed by atoms with Gasteiger partial charge in [0, 0.05) is 19.1 Å². The molecule has 0 fully saturated rings. The average Bonchev–Trinajstić information content (AvgIpc) is 2.22. The fraction of sp³-hybridized carbons (Fsp3) is 0.778. The molecule has 0 radical (unpaired) electrons. The van der Waals surface area contributed by atoms with Gasteiger partial charge in [-0.1, -0.05) is 0 Å². The minimum atomic E-state index is -0.837. The van der Waals surface area contributed by atoms with E-state index in [4.69, 9.17) is 21.7 Å². The molecule has 0 amide bonds. The van der Waals surface area contributed by atoms with Crippen LogP contribution in [0.3, 0.4) is 0 Å². The summed E-state index contributed by atoms with van der Waals surface area (Å²) in [6.45, 7) is 2.82. The molecule has 0 aliphatic rings. The first-order valence-corrected chi connectivity index (χ1v) is 4.75. The van der Waals surface area contributed by atoms with Gasteiger partial charge in [0.1, 0.15) is 0 Å². The van der Waals surface area contributed by atoms with Gasteiger partial charge < -0.3 is 27.0 Å². The quantitative estimate of drug-likeness (QED) is 0.324. The van der Waals surface area contributed by atoms with E-state index in [1.807, 2.05) is 13.1 Å². The zero-order valence-corrected chi connectivity index (χ0v) is 8.61. The second kappa shape index (κ2) is 7.75. The Morgan fingerprint density at radius 2 is 2.21 bits per heavy atom. The molecule has 0 aliphatic heterocycles. The van der Waals surface area contributed by atoms with Gasteiger partial charge in [-0.25, -0.2) is 0 Å². The summed E-state index contributed by atoms with van der Waals surface area (Å²) in [7, 11) is 0.